The fourth-order valence-corrected chi connectivity index (χ4v) is 3.57. The van der Waals surface area contributed by atoms with Gasteiger partial charge in [-0.05, 0) is 31.4 Å². The topological polar surface area (TPSA) is 42.3 Å². The molecule has 0 bridgehead atoms. The molecule has 3 rings (SSSR count). The molecule has 4 heteroatoms. The van der Waals surface area contributed by atoms with Gasteiger partial charge in [-0.15, -0.1) is 0 Å². The molecule has 1 aromatic carbocycles. The van der Waals surface area contributed by atoms with Crippen LogP contribution in [0, 0.1) is 0 Å². The van der Waals surface area contributed by atoms with E-state index in [0.717, 1.165) is 19.4 Å². The summed E-state index contributed by atoms with van der Waals surface area (Å²) < 4.78 is 1.60. The van der Waals surface area contributed by atoms with Crippen molar-refractivity contribution in [3.05, 3.63) is 70.1 Å². The van der Waals surface area contributed by atoms with Crippen LogP contribution in [0.4, 0.5) is 0 Å². The molecule has 1 amide bonds. The molecule has 126 valence electrons. The first-order valence-electron chi connectivity index (χ1n) is 8.59. The molecule has 24 heavy (non-hydrogen) atoms. The van der Waals surface area contributed by atoms with E-state index in [-0.39, 0.29) is 16.9 Å². The molecule has 2 heterocycles. The molecular weight excluding hydrogens is 300 g/mol. The number of aromatic nitrogens is 1. The summed E-state index contributed by atoms with van der Waals surface area (Å²) in [5.74, 6) is -0.0443. The van der Waals surface area contributed by atoms with E-state index in [4.69, 9.17) is 0 Å². The van der Waals surface area contributed by atoms with Crippen molar-refractivity contribution >= 4 is 5.91 Å². The standard InChI is InChI=1S/C20H24N2O2/c1-3-21-13-10-16(14-18(21)23)19(24)22-12-7-11-20(2,15-22)17-8-5-4-6-9-17/h4-6,8-10,13-14H,3,7,11-12,15H2,1-2H3/t20-/m0/s1. The van der Waals surface area contributed by atoms with Gasteiger partial charge >= 0.3 is 0 Å². The Morgan fingerprint density at radius 3 is 2.62 bits per heavy atom. The number of pyridine rings is 1. The summed E-state index contributed by atoms with van der Waals surface area (Å²) in [6.45, 7) is 6.18. The Balaban J connectivity index is 1.83. The molecular formula is C20H24N2O2. The number of hydrogen-bond acceptors (Lipinski definition) is 2. The van der Waals surface area contributed by atoms with Gasteiger partial charge in [-0.3, -0.25) is 9.59 Å². The molecule has 2 aromatic rings. The largest absolute Gasteiger partial charge is 0.338 e. The normalized spacial score (nSPS) is 20.8. The Kier molecular flexibility index (Phi) is 4.56. The van der Waals surface area contributed by atoms with Crippen LogP contribution in [0.1, 0.15) is 42.6 Å². The molecule has 1 aromatic heterocycles. The highest BCUT2D eigenvalue weighted by Crippen LogP contribution is 2.33. The van der Waals surface area contributed by atoms with Gasteiger partial charge in [0.1, 0.15) is 0 Å². The third kappa shape index (κ3) is 3.14. The highest BCUT2D eigenvalue weighted by atomic mass is 16.2. The SMILES string of the molecule is CCn1ccc(C(=O)N2CCC[C@](C)(c3ccccc3)C2)cc1=O. The van der Waals surface area contributed by atoms with Crippen molar-refractivity contribution in [1.82, 2.24) is 9.47 Å². The zero-order valence-corrected chi connectivity index (χ0v) is 14.4. The summed E-state index contributed by atoms with van der Waals surface area (Å²) in [5.41, 5.74) is 1.60. The van der Waals surface area contributed by atoms with Crippen LogP contribution >= 0.6 is 0 Å². The Labute approximate surface area is 142 Å². The molecule has 0 unspecified atom stereocenters. The molecule has 1 aliphatic rings. The van der Waals surface area contributed by atoms with Gasteiger partial charge in [-0.1, -0.05) is 37.3 Å². The quantitative estimate of drug-likeness (QED) is 0.871. The van der Waals surface area contributed by atoms with Gasteiger partial charge < -0.3 is 9.47 Å². The monoisotopic (exact) mass is 324 g/mol. The van der Waals surface area contributed by atoms with Crippen molar-refractivity contribution in [3.63, 3.8) is 0 Å². The van der Waals surface area contributed by atoms with Gasteiger partial charge in [0.15, 0.2) is 0 Å². The summed E-state index contributed by atoms with van der Waals surface area (Å²) in [4.78, 5) is 26.7. The third-order valence-electron chi connectivity index (χ3n) is 5.04. The molecule has 1 fully saturated rings. The molecule has 4 nitrogen and oxygen atoms in total. The summed E-state index contributed by atoms with van der Waals surface area (Å²) in [6.07, 6.45) is 3.75. The lowest BCUT2D eigenvalue weighted by atomic mass is 9.76. The minimum Gasteiger partial charge on any atom is -0.338 e. The Morgan fingerprint density at radius 2 is 1.96 bits per heavy atom. The zero-order valence-electron chi connectivity index (χ0n) is 14.4. The first kappa shape index (κ1) is 16.5. The van der Waals surface area contributed by atoms with Crippen LogP contribution in [0.5, 0.6) is 0 Å². The van der Waals surface area contributed by atoms with Crippen LogP contribution in [0.25, 0.3) is 0 Å². The number of aryl methyl sites for hydroxylation is 1. The fraction of sp³-hybridized carbons (Fsp3) is 0.400. The smallest absolute Gasteiger partial charge is 0.254 e. The number of carbonyl (C=O) groups excluding carboxylic acids is 1. The average Bonchev–Trinajstić information content (AvgIpc) is 2.62. The van der Waals surface area contributed by atoms with Crippen molar-refractivity contribution in [3.8, 4) is 0 Å². The van der Waals surface area contributed by atoms with Gasteiger partial charge in [-0.25, -0.2) is 0 Å². The highest BCUT2D eigenvalue weighted by Gasteiger charge is 2.34. The van der Waals surface area contributed by atoms with E-state index < -0.39 is 0 Å². The van der Waals surface area contributed by atoms with Crippen LogP contribution in [0.2, 0.25) is 0 Å². The van der Waals surface area contributed by atoms with Crippen LogP contribution < -0.4 is 5.56 Å². The van der Waals surface area contributed by atoms with Crippen LogP contribution in [0.15, 0.2) is 53.5 Å². The lowest BCUT2D eigenvalue weighted by molar-refractivity contribution is 0.0650. The summed E-state index contributed by atoms with van der Waals surface area (Å²) >= 11 is 0. The minimum absolute atomic E-state index is 0.0342. The van der Waals surface area contributed by atoms with Crippen LogP contribution in [-0.2, 0) is 12.0 Å². The van der Waals surface area contributed by atoms with Crippen molar-refractivity contribution < 1.29 is 4.79 Å². The summed E-state index contributed by atoms with van der Waals surface area (Å²) in [5, 5.41) is 0. The van der Waals surface area contributed by atoms with Crippen molar-refractivity contribution in [2.75, 3.05) is 13.1 Å². The Hall–Kier alpha value is -2.36. The maximum absolute atomic E-state index is 12.8. The van der Waals surface area contributed by atoms with Crippen molar-refractivity contribution in [2.45, 2.75) is 38.6 Å². The molecule has 0 spiro atoms. The number of piperidine rings is 1. The first-order chi connectivity index (χ1) is 11.5. The highest BCUT2D eigenvalue weighted by molar-refractivity contribution is 5.94. The maximum atomic E-state index is 12.8. The number of carbonyl (C=O) groups is 1. The van der Waals surface area contributed by atoms with E-state index >= 15 is 0 Å². The molecule has 0 radical (unpaired) electrons. The van der Waals surface area contributed by atoms with Gasteiger partial charge in [0.2, 0.25) is 0 Å². The number of benzene rings is 1. The van der Waals surface area contributed by atoms with Crippen molar-refractivity contribution in [1.29, 1.82) is 0 Å². The van der Waals surface area contributed by atoms with Crippen LogP contribution in [-0.4, -0.2) is 28.5 Å². The molecule has 0 saturated carbocycles. The number of nitrogens with zero attached hydrogens (tertiary/aromatic N) is 2. The number of hydrogen-bond donors (Lipinski definition) is 0. The van der Waals surface area contributed by atoms with Crippen molar-refractivity contribution in [2.24, 2.45) is 0 Å². The summed E-state index contributed by atoms with van der Waals surface area (Å²) in [6, 6.07) is 13.6. The zero-order chi connectivity index (χ0) is 17.2. The van der Waals surface area contributed by atoms with Gasteiger partial charge in [0.05, 0.1) is 0 Å². The van der Waals surface area contributed by atoms with Gasteiger partial charge in [0, 0.05) is 42.9 Å². The minimum atomic E-state index is -0.119. The maximum Gasteiger partial charge on any atom is 0.254 e. The lowest BCUT2D eigenvalue weighted by Gasteiger charge is -2.41. The van der Waals surface area contributed by atoms with E-state index in [2.05, 4.69) is 19.1 Å². The van der Waals surface area contributed by atoms with E-state index in [9.17, 15) is 9.59 Å². The predicted octanol–water partition coefficient (Wildman–Crippen LogP) is 3.06. The Bertz CT molecular complexity index is 782. The second-order valence-electron chi connectivity index (χ2n) is 6.80. The molecule has 0 N–H and O–H groups in total. The third-order valence-corrected chi connectivity index (χ3v) is 5.04. The van der Waals surface area contributed by atoms with Crippen LogP contribution in [0.3, 0.4) is 0 Å². The van der Waals surface area contributed by atoms with Gasteiger partial charge in [0.25, 0.3) is 11.5 Å². The molecule has 0 aliphatic carbocycles. The second kappa shape index (κ2) is 6.63. The van der Waals surface area contributed by atoms with E-state index in [1.807, 2.05) is 30.0 Å². The number of amides is 1. The predicted molar refractivity (Wildman–Crippen MR) is 95.3 cm³/mol. The number of rotatable bonds is 3. The Morgan fingerprint density at radius 1 is 1.21 bits per heavy atom. The summed E-state index contributed by atoms with van der Waals surface area (Å²) in [7, 11) is 0. The number of likely N-dealkylation sites (tertiary alicyclic amines) is 1. The average molecular weight is 324 g/mol. The molecule has 1 saturated heterocycles. The second-order valence-corrected chi connectivity index (χ2v) is 6.80. The molecule has 1 atom stereocenters. The lowest BCUT2D eigenvalue weighted by Crippen LogP contribution is -2.47. The van der Waals surface area contributed by atoms with Gasteiger partial charge in [-0.2, -0.15) is 0 Å². The fourth-order valence-electron chi connectivity index (χ4n) is 3.57. The van der Waals surface area contributed by atoms with E-state index in [0.29, 0.717) is 18.7 Å². The molecule has 1 aliphatic heterocycles. The first-order valence-corrected chi connectivity index (χ1v) is 8.59. The van der Waals surface area contributed by atoms with E-state index in [1.54, 1.807) is 16.8 Å². The van der Waals surface area contributed by atoms with E-state index in [1.165, 1.54) is 11.6 Å².